The van der Waals surface area contributed by atoms with Gasteiger partial charge in [-0.25, -0.2) is 0 Å². The molecule has 1 heterocycles. The summed E-state index contributed by atoms with van der Waals surface area (Å²) in [6, 6.07) is 11.6. The molecular formula is C16H26N2O2. The monoisotopic (exact) mass is 278 g/mol. The minimum Gasteiger partial charge on any atom is -0.382 e. The van der Waals surface area contributed by atoms with E-state index in [1.165, 1.54) is 5.56 Å². The van der Waals surface area contributed by atoms with Gasteiger partial charge in [-0.15, -0.1) is 0 Å². The van der Waals surface area contributed by atoms with Crippen molar-refractivity contribution in [2.45, 2.75) is 25.1 Å². The lowest BCUT2D eigenvalue weighted by atomic mass is 10.0. The summed E-state index contributed by atoms with van der Waals surface area (Å²) in [5, 5.41) is 3.57. The maximum atomic E-state index is 5.53. The smallest absolute Gasteiger partial charge is 0.0931 e. The highest BCUT2D eigenvalue weighted by Gasteiger charge is 2.28. The van der Waals surface area contributed by atoms with Gasteiger partial charge in [0.25, 0.3) is 0 Å². The first-order valence-electron chi connectivity index (χ1n) is 7.28. The summed E-state index contributed by atoms with van der Waals surface area (Å²) in [6.07, 6.45) is 0.122. The maximum absolute atomic E-state index is 5.53. The van der Waals surface area contributed by atoms with Crippen molar-refractivity contribution in [1.82, 2.24) is 10.2 Å². The Morgan fingerprint density at radius 3 is 2.70 bits per heavy atom. The van der Waals surface area contributed by atoms with E-state index in [1.54, 1.807) is 14.2 Å². The van der Waals surface area contributed by atoms with Gasteiger partial charge in [-0.2, -0.15) is 0 Å². The molecule has 3 unspecified atom stereocenters. The van der Waals surface area contributed by atoms with E-state index in [2.05, 4.69) is 47.5 Å². The van der Waals surface area contributed by atoms with Gasteiger partial charge in [-0.05, 0) is 12.5 Å². The zero-order chi connectivity index (χ0) is 14.4. The maximum Gasteiger partial charge on any atom is 0.0931 e. The van der Waals surface area contributed by atoms with Crippen LogP contribution < -0.4 is 5.32 Å². The van der Waals surface area contributed by atoms with Crippen LogP contribution in [0.15, 0.2) is 30.3 Å². The second-order valence-electron chi connectivity index (χ2n) is 5.50. The number of benzene rings is 1. The third kappa shape index (κ3) is 4.03. The number of hydrogen-bond donors (Lipinski definition) is 1. The highest BCUT2D eigenvalue weighted by atomic mass is 16.5. The lowest BCUT2D eigenvalue weighted by Gasteiger charge is -2.41. The number of nitrogens with zero attached hydrogens (tertiary/aromatic N) is 1. The average Bonchev–Trinajstić information content (AvgIpc) is 2.48. The highest BCUT2D eigenvalue weighted by Crippen LogP contribution is 2.23. The van der Waals surface area contributed by atoms with E-state index in [-0.39, 0.29) is 6.10 Å². The predicted octanol–water partition coefficient (Wildman–Crippen LogP) is 1.68. The van der Waals surface area contributed by atoms with Crippen molar-refractivity contribution in [2.75, 3.05) is 40.5 Å². The standard InChI is InChI=1S/C16H26N2O2/c1-13-10-18(11-15(20-3)12-19-2)16(9-17-13)14-7-5-4-6-8-14/h4-8,13,15-17H,9-12H2,1-3H3. The second-order valence-corrected chi connectivity index (χ2v) is 5.50. The van der Waals surface area contributed by atoms with E-state index in [1.807, 2.05) is 0 Å². The first-order chi connectivity index (χ1) is 9.74. The van der Waals surface area contributed by atoms with Crippen molar-refractivity contribution >= 4 is 0 Å². The first-order valence-corrected chi connectivity index (χ1v) is 7.28. The number of nitrogens with one attached hydrogen (secondary N) is 1. The Bertz CT molecular complexity index is 385. The molecule has 1 saturated heterocycles. The molecule has 1 fully saturated rings. The van der Waals surface area contributed by atoms with E-state index in [0.717, 1.165) is 19.6 Å². The van der Waals surface area contributed by atoms with Crippen LogP contribution in [0.25, 0.3) is 0 Å². The Balaban J connectivity index is 2.08. The largest absolute Gasteiger partial charge is 0.382 e. The second kappa shape index (κ2) is 7.74. The molecule has 0 aliphatic carbocycles. The summed E-state index contributed by atoms with van der Waals surface area (Å²) >= 11 is 0. The van der Waals surface area contributed by atoms with E-state index < -0.39 is 0 Å². The van der Waals surface area contributed by atoms with E-state index in [0.29, 0.717) is 18.7 Å². The summed E-state index contributed by atoms with van der Waals surface area (Å²) in [7, 11) is 3.48. The quantitative estimate of drug-likeness (QED) is 0.858. The van der Waals surface area contributed by atoms with Gasteiger partial charge in [0.1, 0.15) is 0 Å². The third-order valence-electron chi connectivity index (χ3n) is 3.92. The first kappa shape index (κ1) is 15.4. The number of methoxy groups -OCH3 is 2. The van der Waals surface area contributed by atoms with Gasteiger partial charge in [0.05, 0.1) is 12.7 Å². The fourth-order valence-corrected chi connectivity index (χ4v) is 2.83. The SMILES string of the molecule is COCC(CN1CC(C)NCC1c1ccccc1)OC. The Morgan fingerprint density at radius 2 is 2.05 bits per heavy atom. The van der Waals surface area contributed by atoms with Crippen molar-refractivity contribution < 1.29 is 9.47 Å². The Labute approximate surface area is 122 Å². The molecule has 4 nitrogen and oxygen atoms in total. The minimum absolute atomic E-state index is 0.122. The number of rotatable bonds is 6. The van der Waals surface area contributed by atoms with E-state index in [9.17, 15) is 0 Å². The lowest BCUT2D eigenvalue weighted by molar-refractivity contribution is -0.0105. The average molecular weight is 278 g/mol. The molecule has 1 aromatic carbocycles. The lowest BCUT2D eigenvalue weighted by Crippen LogP contribution is -2.53. The van der Waals surface area contributed by atoms with Gasteiger partial charge in [0.2, 0.25) is 0 Å². The van der Waals surface area contributed by atoms with Crippen LogP contribution in [-0.2, 0) is 9.47 Å². The van der Waals surface area contributed by atoms with Crippen LogP contribution in [0, 0.1) is 0 Å². The molecule has 1 N–H and O–H groups in total. The molecule has 0 saturated carbocycles. The molecule has 112 valence electrons. The van der Waals surface area contributed by atoms with Gasteiger partial charge in [-0.1, -0.05) is 30.3 Å². The molecule has 0 amide bonds. The zero-order valence-electron chi connectivity index (χ0n) is 12.7. The molecule has 3 atom stereocenters. The van der Waals surface area contributed by atoms with Crippen LogP contribution >= 0.6 is 0 Å². The Hall–Kier alpha value is -0.940. The third-order valence-corrected chi connectivity index (χ3v) is 3.92. The van der Waals surface area contributed by atoms with Gasteiger partial charge in [0.15, 0.2) is 0 Å². The predicted molar refractivity (Wildman–Crippen MR) is 80.9 cm³/mol. The van der Waals surface area contributed by atoms with Crippen molar-refractivity contribution in [3.8, 4) is 0 Å². The zero-order valence-corrected chi connectivity index (χ0v) is 12.7. The fourth-order valence-electron chi connectivity index (χ4n) is 2.83. The van der Waals surface area contributed by atoms with Crippen LogP contribution in [0.4, 0.5) is 0 Å². The number of ether oxygens (including phenoxy) is 2. The van der Waals surface area contributed by atoms with Gasteiger partial charge < -0.3 is 14.8 Å². The molecule has 1 aliphatic heterocycles. The van der Waals surface area contributed by atoms with Gasteiger partial charge in [-0.3, -0.25) is 4.90 Å². The van der Waals surface area contributed by atoms with Crippen molar-refractivity contribution in [2.24, 2.45) is 0 Å². The van der Waals surface area contributed by atoms with Crippen LogP contribution in [0.2, 0.25) is 0 Å². The van der Waals surface area contributed by atoms with Gasteiger partial charge in [0, 0.05) is 45.9 Å². The molecule has 0 radical (unpaired) electrons. The molecule has 0 aromatic heterocycles. The van der Waals surface area contributed by atoms with Crippen LogP contribution in [-0.4, -0.2) is 57.5 Å². The Kier molecular flexibility index (Phi) is 5.98. The minimum atomic E-state index is 0.122. The van der Waals surface area contributed by atoms with E-state index >= 15 is 0 Å². The van der Waals surface area contributed by atoms with E-state index in [4.69, 9.17) is 9.47 Å². The van der Waals surface area contributed by atoms with Crippen LogP contribution in [0.1, 0.15) is 18.5 Å². The Morgan fingerprint density at radius 1 is 1.30 bits per heavy atom. The van der Waals surface area contributed by atoms with Crippen molar-refractivity contribution in [1.29, 1.82) is 0 Å². The molecule has 2 rings (SSSR count). The highest BCUT2D eigenvalue weighted by molar-refractivity contribution is 5.20. The van der Waals surface area contributed by atoms with Crippen LogP contribution in [0.3, 0.4) is 0 Å². The molecule has 1 aromatic rings. The molecule has 0 bridgehead atoms. The van der Waals surface area contributed by atoms with Gasteiger partial charge >= 0.3 is 0 Å². The number of piperazine rings is 1. The normalized spacial score (nSPS) is 25.6. The van der Waals surface area contributed by atoms with Crippen molar-refractivity contribution in [3.63, 3.8) is 0 Å². The summed E-state index contributed by atoms with van der Waals surface area (Å²) in [4.78, 5) is 2.50. The summed E-state index contributed by atoms with van der Waals surface area (Å²) in [5.74, 6) is 0. The topological polar surface area (TPSA) is 33.7 Å². The molecule has 1 aliphatic rings. The van der Waals surface area contributed by atoms with Crippen molar-refractivity contribution in [3.05, 3.63) is 35.9 Å². The molecular weight excluding hydrogens is 252 g/mol. The number of hydrogen-bond acceptors (Lipinski definition) is 4. The summed E-state index contributed by atoms with van der Waals surface area (Å²) < 4.78 is 10.8. The fraction of sp³-hybridized carbons (Fsp3) is 0.625. The molecule has 20 heavy (non-hydrogen) atoms. The van der Waals surface area contributed by atoms with Crippen LogP contribution in [0.5, 0.6) is 0 Å². The molecule has 0 spiro atoms. The summed E-state index contributed by atoms with van der Waals surface area (Å²) in [5.41, 5.74) is 1.36. The molecule has 4 heteroatoms. The summed E-state index contributed by atoms with van der Waals surface area (Å²) in [6.45, 7) is 5.77.